The quantitative estimate of drug-likeness (QED) is 0.801. The SMILES string of the molecule is CC1CCCCCC1NCc1ccc(CO)cc1. The molecule has 0 amide bonds. The molecule has 1 aliphatic carbocycles. The van der Waals surface area contributed by atoms with Crippen molar-refractivity contribution in [3.63, 3.8) is 0 Å². The molecule has 0 spiro atoms. The minimum atomic E-state index is 0.132. The first kappa shape index (κ1) is 13.6. The first-order valence-electron chi connectivity index (χ1n) is 7.21. The normalized spacial score (nSPS) is 24.8. The molecule has 1 saturated carbocycles. The van der Waals surface area contributed by atoms with E-state index in [1.807, 2.05) is 12.1 Å². The molecule has 1 aliphatic rings. The number of rotatable bonds is 4. The maximum absolute atomic E-state index is 9.01. The number of aliphatic hydroxyl groups is 1. The number of aliphatic hydroxyl groups excluding tert-OH is 1. The molecule has 0 heterocycles. The largest absolute Gasteiger partial charge is 0.392 e. The molecular weight excluding hydrogens is 222 g/mol. The van der Waals surface area contributed by atoms with Crippen molar-refractivity contribution in [1.29, 1.82) is 0 Å². The van der Waals surface area contributed by atoms with Gasteiger partial charge in [-0.2, -0.15) is 0 Å². The molecule has 1 aromatic rings. The molecule has 0 aromatic heterocycles. The molecule has 2 heteroatoms. The van der Waals surface area contributed by atoms with Gasteiger partial charge in [0.15, 0.2) is 0 Å². The fraction of sp³-hybridized carbons (Fsp3) is 0.625. The van der Waals surface area contributed by atoms with Crippen molar-refractivity contribution in [3.8, 4) is 0 Å². The molecule has 2 atom stereocenters. The van der Waals surface area contributed by atoms with Gasteiger partial charge in [0.1, 0.15) is 0 Å². The Morgan fingerprint density at radius 3 is 2.44 bits per heavy atom. The second-order valence-electron chi connectivity index (χ2n) is 5.58. The summed E-state index contributed by atoms with van der Waals surface area (Å²) in [5.41, 5.74) is 2.30. The Balaban J connectivity index is 1.85. The molecule has 2 N–H and O–H groups in total. The van der Waals surface area contributed by atoms with Crippen LogP contribution in [0.3, 0.4) is 0 Å². The second kappa shape index (κ2) is 6.91. The first-order chi connectivity index (χ1) is 8.79. The molecule has 0 saturated heterocycles. The van der Waals surface area contributed by atoms with E-state index < -0.39 is 0 Å². The Morgan fingerprint density at radius 2 is 1.72 bits per heavy atom. The van der Waals surface area contributed by atoms with E-state index >= 15 is 0 Å². The summed E-state index contributed by atoms with van der Waals surface area (Å²) >= 11 is 0. The number of benzene rings is 1. The lowest BCUT2D eigenvalue weighted by Gasteiger charge is -2.23. The lowest BCUT2D eigenvalue weighted by molar-refractivity contribution is 0.282. The maximum Gasteiger partial charge on any atom is 0.0681 e. The highest BCUT2D eigenvalue weighted by Gasteiger charge is 2.18. The highest BCUT2D eigenvalue weighted by molar-refractivity contribution is 5.21. The van der Waals surface area contributed by atoms with Crippen molar-refractivity contribution in [2.45, 2.75) is 58.2 Å². The lowest BCUT2D eigenvalue weighted by atomic mass is 9.97. The van der Waals surface area contributed by atoms with Crippen LogP contribution in [0.5, 0.6) is 0 Å². The van der Waals surface area contributed by atoms with Gasteiger partial charge in [-0.25, -0.2) is 0 Å². The summed E-state index contributed by atoms with van der Waals surface area (Å²) in [6, 6.07) is 8.91. The molecule has 2 unspecified atom stereocenters. The predicted octanol–water partition coefficient (Wildman–Crippen LogP) is 3.24. The molecule has 1 fully saturated rings. The van der Waals surface area contributed by atoms with Crippen molar-refractivity contribution in [3.05, 3.63) is 35.4 Å². The molecule has 0 aliphatic heterocycles. The van der Waals surface area contributed by atoms with Gasteiger partial charge in [0.2, 0.25) is 0 Å². The summed E-state index contributed by atoms with van der Waals surface area (Å²) in [6.45, 7) is 3.45. The fourth-order valence-corrected chi connectivity index (χ4v) is 2.81. The molecule has 1 aromatic carbocycles. The van der Waals surface area contributed by atoms with Gasteiger partial charge in [0, 0.05) is 12.6 Å². The van der Waals surface area contributed by atoms with Crippen molar-refractivity contribution in [2.75, 3.05) is 0 Å². The van der Waals surface area contributed by atoms with Gasteiger partial charge in [-0.15, -0.1) is 0 Å². The van der Waals surface area contributed by atoms with Gasteiger partial charge in [-0.3, -0.25) is 0 Å². The third kappa shape index (κ3) is 3.82. The summed E-state index contributed by atoms with van der Waals surface area (Å²) in [6.07, 6.45) is 6.83. The van der Waals surface area contributed by atoms with E-state index in [0.717, 1.165) is 18.0 Å². The highest BCUT2D eigenvalue weighted by atomic mass is 16.3. The minimum Gasteiger partial charge on any atom is -0.392 e. The highest BCUT2D eigenvalue weighted by Crippen LogP contribution is 2.23. The van der Waals surface area contributed by atoms with Crippen LogP contribution >= 0.6 is 0 Å². The van der Waals surface area contributed by atoms with Crippen LogP contribution in [0.15, 0.2) is 24.3 Å². The Kier molecular flexibility index (Phi) is 5.21. The van der Waals surface area contributed by atoms with E-state index in [2.05, 4.69) is 24.4 Å². The Bertz CT molecular complexity index is 347. The van der Waals surface area contributed by atoms with E-state index in [0.29, 0.717) is 6.04 Å². The first-order valence-corrected chi connectivity index (χ1v) is 7.21. The summed E-state index contributed by atoms with van der Waals surface area (Å²) in [4.78, 5) is 0. The lowest BCUT2D eigenvalue weighted by Crippen LogP contribution is -2.33. The van der Waals surface area contributed by atoms with Gasteiger partial charge in [-0.1, -0.05) is 50.5 Å². The van der Waals surface area contributed by atoms with Gasteiger partial charge in [0.05, 0.1) is 6.61 Å². The molecule has 18 heavy (non-hydrogen) atoms. The summed E-state index contributed by atoms with van der Waals surface area (Å²) in [5, 5.41) is 12.7. The second-order valence-corrected chi connectivity index (χ2v) is 5.58. The molecule has 100 valence electrons. The molecule has 2 rings (SSSR count). The number of nitrogens with one attached hydrogen (secondary N) is 1. The van der Waals surface area contributed by atoms with Crippen LogP contribution in [0.4, 0.5) is 0 Å². The van der Waals surface area contributed by atoms with Crippen LogP contribution < -0.4 is 5.32 Å². The molecule has 0 radical (unpaired) electrons. The Labute approximate surface area is 110 Å². The average Bonchev–Trinajstić information content (AvgIpc) is 2.62. The summed E-state index contributed by atoms with van der Waals surface area (Å²) < 4.78 is 0. The standard InChI is InChI=1S/C16H25NO/c1-13-5-3-2-4-6-16(13)17-11-14-7-9-15(12-18)10-8-14/h7-10,13,16-18H,2-6,11-12H2,1H3. The zero-order valence-corrected chi connectivity index (χ0v) is 11.4. The minimum absolute atomic E-state index is 0.132. The predicted molar refractivity (Wildman–Crippen MR) is 75.2 cm³/mol. The van der Waals surface area contributed by atoms with Crippen LogP contribution in [-0.4, -0.2) is 11.1 Å². The number of hydrogen-bond acceptors (Lipinski definition) is 2. The third-order valence-electron chi connectivity index (χ3n) is 4.14. The van der Waals surface area contributed by atoms with Gasteiger partial charge < -0.3 is 10.4 Å². The Morgan fingerprint density at radius 1 is 1.06 bits per heavy atom. The topological polar surface area (TPSA) is 32.3 Å². The van der Waals surface area contributed by atoms with Crippen molar-refractivity contribution in [1.82, 2.24) is 5.32 Å². The zero-order chi connectivity index (χ0) is 12.8. The van der Waals surface area contributed by atoms with Crippen LogP contribution in [0.1, 0.15) is 50.2 Å². The van der Waals surface area contributed by atoms with Crippen molar-refractivity contribution >= 4 is 0 Å². The van der Waals surface area contributed by atoms with E-state index in [9.17, 15) is 0 Å². The maximum atomic E-state index is 9.01. The Hall–Kier alpha value is -0.860. The van der Waals surface area contributed by atoms with E-state index in [4.69, 9.17) is 5.11 Å². The van der Waals surface area contributed by atoms with Gasteiger partial charge in [0.25, 0.3) is 0 Å². The van der Waals surface area contributed by atoms with Crippen molar-refractivity contribution in [2.24, 2.45) is 5.92 Å². The van der Waals surface area contributed by atoms with Crippen LogP contribution in [-0.2, 0) is 13.2 Å². The monoisotopic (exact) mass is 247 g/mol. The average molecular weight is 247 g/mol. The van der Waals surface area contributed by atoms with Crippen LogP contribution in [0, 0.1) is 5.92 Å². The number of hydrogen-bond donors (Lipinski definition) is 2. The van der Waals surface area contributed by atoms with Crippen LogP contribution in [0.2, 0.25) is 0 Å². The molecule has 2 nitrogen and oxygen atoms in total. The summed E-state index contributed by atoms with van der Waals surface area (Å²) in [7, 11) is 0. The van der Waals surface area contributed by atoms with E-state index in [1.54, 1.807) is 0 Å². The smallest absolute Gasteiger partial charge is 0.0681 e. The molecular formula is C16H25NO. The van der Waals surface area contributed by atoms with E-state index in [1.165, 1.54) is 37.7 Å². The molecule has 0 bridgehead atoms. The zero-order valence-electron chi connectivity index (χ0n) is 11.4. The van der Waals surface area contributed by atoms with Gasteiger partial charge in [-0.05, 0) is 29.9 Å². The van der Waals surface area contributed by atoms with Crippen LogP contribution in [0.25, 0.3) is 0 Å². The van der Waals surface area contributed by atoms with Crippen molar-refractivity contribution < 1.29 is 5.11 Å². The summed E-state index contributed by atoms with van der Waals surface area (Å²) in [5.74, 6) is 0.796. The van der Waals surface area contributed by atoms with Gasteiger partial charge >= 0.3 is 0 Å². The third-order valence-corrected chi connectivity index (χ3v) is 4.14. The van der Waals surface area contributed by atoms with E-state index in [-0.39, 0.29) is 6.61 Å². The fourth-order valence-electron chi connectivity index (χ4n) is 2.81.